The predicted molar refractivity (Wildman–Crippen MR) is 92.5 cm³/mol. The van der Waals surface area contributed by atoms with Crippen molar-refractivity contribution in [3.8, 4) is 11.5 Å². The molecule has 0 aliphatic rings. The Morgan fingerprint density at radius 2 is 1.83 bits per heavy atom. The fraction of sp³-hybridized carbons (Fsp3) is 0.316. The summed E-state index contributed by atoms with van der Waals surface area (Å²) in [6.45, 7) is 2.44. The van der Waals surface area contributed by atoms with Crippen molar-refractivity contribution in [3.63, 3.8) is 0 Å². The Balaban J connectivity index is 2.10. The van der Waals surface area contributed by atoms with E-state index in [4.69, 9.17) is 20.3 Å². The summed E-state index contributed by atoms with van der Waals surface area (Å²) in [5.41, 5.74) is 8.55. The van der Waals surface area contributed by atoms with E-state index in [1.807, 2.05) is 42.5 Å². The highest BCUT2D eigenvalue weighted by atomic mass is 16.5. The van der Waals surface area contributed by atoms with Gasteiger partial charge < -0.3 is 20.3 Å². The van der Waals surface area contributed by atoms with Gasteiger partial charge in [0.1, 0.15) is 24.1 Å². The van der Waals surface area contributed by atoms with Crippen LogP contribution in [0.15, 0.2) is 42.5 Å². The Kier molecular flexibility index (Phi) is 6.21. The summed E-state index contributed by atoms with van der Waals surface area (Å²) in [7, 11) is 1.59. The lowest BCUT2D eigenvalue weighted by molar-refractivity contribution is -0.138. The Bertz CT molecular complexity index is 682. The quantitative estimate of drug-likeness (QED) is 0.778. The zero-order chi connectivity index (χ0) is 17.5. The molecule has 24 heavy (non-hydrogen) atoms. The molecule has 2 aromatic rings. The van der Waals surface area contributed by atoms with Crippen LogP contribution in [-0.4, -0.2) is 24.2 Å². The van der Waals surface area contributed by atoms with Gasteiger partial charge in [0.15, 0.2) is 0 Å². The lowest BCUT2D eigenvalue weighted by Gasteiger charge is -2.13. The summed E-state index contributed by atoms with van der Waals surface area (Å²) in [5.74, 6) is 0.467. The van der Waals surface area contributed by atoms with Gasteiger partial charge in [-0.2, -0.15) is 0 Å². The number of rotatable bonds is 8. The molecular formula is C19H23NO4. The zero-order valence-corrected chi connectivity index (χ0v) is 14.0. The topological polar surface area (TPSA) is 81.8 Å². The van der Waals surface area contributed by atoms with Gasteiger partial charge in [0, 0.05) is 5.56 Å². The molecule has 0 saturated carbocycles. The van der Waals surface area contributed by atoms with Crippen molar-refractivity contribution in [3.05, 3.63) is 59.2 Å². The highest BCUT2D eigenvalue weighted by Gasteiger charge is 2.14. The molecule has 5 heteroatoms. The van der Waals surface area contributed by atoms with Crippen LogP contribution in [0, 0.1) is 0 Å². The summed E-state index contributed by atoms with van der Waals surface area (Å²) in [6, 6.07) is 12.5. The summed E-state index contributed by atoms with van der Waals surface area (Å²) >= 11 is 0. The third-order valence-corrected chi connectivity index (χ3v) is 3.84. The number of aryl methyl sites for hydroxylation is 1. The maximum atomic E-state index is 10.9. The van der Waals surface area contributed by atoms with Crippen LogP contribution in [0.25, 0.3) is 0 Å². The second-order valence-corrected chi connectivity index (χ2v) is 5.58. The van der Waals surface area contributed by atoms with Gasteiger partial charge in [-0.25, -0.2) is 0 Å². The molecule has 5 nitrogen and oxygen atoms in total. The highest BCUT2D eigenvalue weighted by Crippen LogP contribution is 2.23. The van der Waals surface area contributed by atoms with Crippen LogP contribution in [0.3, 0.4) is 0 Å². The van der Waals surface area contributed by atoms with E-state index < -0.39 is 12.0 Å². The van der Waals surface area contributed by atoms with E-state index in [9.17, 15) is 4.79 Å². The maximum Gasteiger partial charge on any atom is 0.320 e. The van der Waals surface area contributed by atoms with E-state index in [0.29, 0.717) is 12.4 Å². The lowest BCUT2D eigenvalue weighted by atomic mass is 10.0. The monoisotopic (exact) mass is 329 g/mol. The average molecular weight is 329 g/mol. The van der Waals surface area contributed by atoms with Crippen molar-refractivity contribution in [2.75, 3.05) is 7.11 Å². The van der Waals surface area contributed by atoms with Gasteiger partial charge in [0.25, 0.3) is 0 Å². The van der Waals surface area contributed by atoms with Gasteiger partial charge >= 0.3 is 5.97 Å². The van der Waals surface area contributed by atoms with Crippen molar-refractivity contribution in [1.29, 1.82) is 0 Å². The smallest absolute Gasteiger partial charge is 0.320 e. The van der Waals surface area contributed by atoms with Crippen LogP contribution in [0.2, 0.25) is 0 Å². The van der Waals surface area contributed by atoms with Crippen LogP contribution in [0.1, 0.15) is 23.6 Å². The van der Waals surface area contributed by atoms with E-state index in [1.54, 1.807) is 7.11 Å². The Hall–Kier alpha value is -2.53. The normalized spacial score (nSPS) is 11.8. The first-order valence-electron chi connectivity index (χ1n) is 7.89. The second kappa shape index (κ2) is 8.36. The first-order valence-corrected chi connectivity index (χ1v) is 7.89. The molecule has 2 rings (SSSR count). The van der Waals surface area contributed by atoms with Gasteiger partial charge in [-0.1, -0.05) is 25.1 Å². The number of hydrogen-bond acceptors (Lipinski definition) is 4. The van der Waals surface area contributed by atoms with Crippen molar-refractivity contribution in [2.45, 2.75) is 32.4 Å². The molecule has 0 heterocycles. The van der Waals surface area contributed by atoms with Crippen LogP contribution in [0.4, 0.5) is 0 Å². The molecular weight excluding hydrogens is 306 g/mol. The molecule has 0 radical (unpaired) electrons. The molecule has 0 saturated heterocycles. The number of carbonyl (C=O) groups is 1. The molecule has 3 N–H and O–H groups in total. The molecule has 0 aromatic heterocycles. The fourth-order valence-corrected chi connectivity index (χ4v) is 2.40. The number of methoxy groups -OCH3 is 1. The van der Waals surface area contributed by atoms with Crippen molar-refractivity contribution < 1.29 is 19.4 Å². The molecule has 2 aromatic carbocycles. The summed E-state index contributed by atoms with van der Waals surface area (Å²) in [5, 5.41) is 8.93. The van der Waals surface area contributed by atoms with Gasteiger partial charge in [0.2, 0.25) is 0 Å². The number of carboxylic acids is 1. The van der Waals surface area contributed by atoms with Crippen molar-refractivity contribution >= 4 is 5.97 Å². The maximum absolute atomic E-state index is 10.9. The number of nitrogens with two attached hydrogens (primary N) is 1. The number of aliphatic carboxylic acids is 1. The minimum Gasteiger partial charge on any atom is -0.496 e. The Morgan fingerprint density at radius 1 is 1.17 bits per heavy atom. The van der Waals surface area contributed by atoms with Crippen LogP contribution in [-0.2, 0) is 24.2 Å². The van der Waals surface area contributed by atoms with Gasteiger partial charge in [-0.15, -0.1) is 0 Å². The number of hydrogen-bond donors (Lipinski definition) is 2. The molecule has 0 spiro atoms. The molecule has 128 valence electrons. The number of benzene rings is 2. The molecule has 0 aliphatic carbocycles. The minimum absolute atomic E-state index is 0.261. The third kappa shape index (κ3) is 4.73. The molecule has 0 aliphatic heterocycles. The first-order chi connectivity index (χ1) is 11.5. The standard InChI is InChI=1S/C19H23NO4/c1-3-13-4-7-16(8-5-13)24-12-15-10-14(6-9-18(15)23-2)11-17(20)19(21)22/h4-10,17H,3,11-12,20H2,1-2H3,(H,21,22). The van der Waals surface area contributed by atoms with Crippen LogP contribution < -0.4 is 15.2 Å². The fourth-order valence-electron chi connectivity index (χ4n) is 2.40. The largest absolute Gasteiger partial charge is 0.496 e. The van der Waals surface area contributed by atoms with E-state index in [1.165, 1.54) is 5.56 Å². The van der Waals surface area contributed by atoms with Gasteiger partial charge in [-0.3, -0.25) is 4.79 Å². The van der Waals surface area contributed by atoms with Gasteiger partial charge in [0.05, 0.1) is 7.11 Å². The van der Waals surface area contributed by atoms with Gasteiger partial charge in [-0.05, 0) is 48.2 Å². The van der Waals surface area contributed by atoms with E-state index in [0.717, 1.165) is 23.3 Å². The van der Waals surface area contributed by atoms with Crippen molar-refractivity contribution in [1.82, 2.24) is 0 Å². The van der Waals surface area contributed by atoms with E-state index in [-0.39, 0.29) is 6.42 Å². The molecule has 0 bridgehead atoms. The summed E-state index contributed by atoms with van der Waals surface area (Å²) < 4.78 is 11.2. The van der Waals surface area contributed by atoms with Crippen LogP contribution >= 0.6 is 0 Å². The molecule has 1 unspecified atom stereocenters. The Labute approximate surface area is 142 Å². The van der Waals surface area contributed by atoms with Crippen molar-refractivity contribution in [2.24, 2.45) is 5.73 Å². The molecule has 1 atom stereocenters. The SMILES string of the molecule is CCc1ccc(OCc2cc(CC(N)C(=O)O)ccc2OC)cc1. The summed E-state index contributed by atoms with van der Waals surface area (Å²) in [6.07, 6.45) is 1.25. The second-order valence-electron chi connectivity index (χ2n) is 5.58. The van der Waals surface area contributed by atoms with E-state index >= 15 is 0 Å². The highest BCUT2D eigenvalue weighted by molar-refractivity contribution is 5.73. The Morgan fingerprint density at radius 3 is 2.42 bits per heavy atom. The molecule has 0 fully saturated rings. The lowest BCUT2D eigenvalue weighted by Crippen LogP contribution is -2.32. The first kappa shape index (κ1) is 17.8. The average Bonchev–Trinajstić information content (AvgIpc) is 2.60. The third-order valence-electron chi connectivity index (χ3n) is 3.84. The number of ether oxygens (including phenoxy) is 2. The van der Waals surface area contributed by atoms with Crippen LogP contribution in [0.5, 0.6) is 11.5 Å². The van der Waals surface area contributed by atoms with E-state index in [2.05, 4.69) is 6.92 Å². The minimum atomic E-state index is -1.01. The summed E-state index contributed by atoms with van der Waals surface area (Å²) in [4.78, 5) is 10.9. The predicted octanol–water partition coefficient (Wildman–Crippen LogP) is 2.79. The zero-order valence-electron chi connectivity index (χ0n) is 14.0. The number of carboxylic acid groups (broad SMARTS) is 1. The molecule has 0 amide bonds.